The van der Waals surface area contributed by atoms with Crippen molar-refractivity contribution in [3.63, 3.8) is 0 Å². The van der Waals surface area contributed by atoms with E-state index in [1.165, 1.54) is 6.07 Å². The zero-order valence-corrected chi connectivity index (χ0v) is 9.52. The summed E-state index contributed by atoms with van der Waals surface area (Å²) in [6.45, 7) is 0.572. The minimum absolute atomic E-state index is 0.486. The molecule has 18 heavy (non-hydrogen) atoms. The van der Waals surface area contributed by atoms with Gasteiger partial charge in [0.1, 0.15) is 11.5 Å². The molecule has 0 aliphatic heterocycles. The van der Waals surface area contributed by atoms with Gasteiger partial charge in [-0.25, -0.2) is 9.97 Å². The topological polar surface area (TPSA) is 53.6 Å². The molecule has 3 rings (SSSR count). The number of hydrogen-bond donors (Lipinski definition) is 2. The Hall–Kier alpha value is -2.43. The Bertz CT molecular complexity index is 677. The zero-order chi connectivity index (χ0) is 12.4. The third kappa shape index (κ3) is 2.02. The van der Waals surface area contributed by atoms with Crippen LogP contribution in [0.15, 0.2) is 42.7 Å². The Morgan fingerprint density at radius 3 is 3.06 bits per heavy atom. The summed E-state index contributed by atoms with van der Waals surface area (Å²) >= 11 is 0. The molecule has 0 unspecified atom stereocenters. The van der Waals surface area contributed by atoms with Crippen molar-refractivity contribution in [1.82, 2.24) is 15.0 Å². The lowest BCUT2D eigenvalue weighted by Gasteiger charge is -2.04. The van der Waals surface area contributed by atoms with Crippen LogP contribution < -0.4 is 5.32 Å². The molecule has 90 valence electrons. The van der Waals surface area contributed by atoms with Crippen LogP contribution in [0.2, 0.25) is 0 Å². The molecule has 0 radical (unpaired) electrons. The number of aromatic amines is 1. The van der Waals surface area contributed by atoms with Crippen LogP contribution in [0.4, 0.5) is 10.2 Å². The van der Waals surface area contributed by atoms with Gasteiger partial charge < -0.3 is 10.3 Å². The van der Waals surface area contributed by atoms with E-state index in [4.69, 9.17) is 0 Å². The van der Waals surface area contributed by atoms with Crippen molar-refractivity contribution in [2.45, 2.75) is 6.54 Å². The maximum absolute atomic E-state index is 12.9. The van der Waals surface area contributed by atoms with E-state index in [2.05, 4.69) is 20.3 Å². The Labute approximate surface area is 103 Å². The highest BCUT2D eigenvalue weighted by Gasteiger charge is 2.04. The summed E-state index contributed by atoms with van der Waals surface area (Å²) < 4.78 is 12.9. The molecular weight excluding hydrogens is 231 g/mol. The van der Waals surface area contributed by atoms with Crippen LogP contribution >= 0.6 is 0 Å². The fraction of sp³-hybridized carbons (Fsp3) is 0.0769. The van der Waals surface area contributed by atoms with Gasteiger partial charge >= 0.3 is 0 Å². The van der Waals surface area contributed by atoms with Gasteiger partial charge in [-0.2, -0.15) is 4.39 Å². The summed E-state index contributed by atoms with van der Waals surface area (Å²) in [5.74, 6) is 0.0360. The Morgan fingerprint density at radius 2 is 2.17 bits per heavy atom. The van der Waals surface area contributed by atoms with Crippen molar-refractivity contribution >= 4 is 16.9 Å². The van der Waals surface area contributed by atoms with E-state index in [-0.39, 0.29) is 0 Å². The van der Waals surface area contributed by atoms with Crippen LogP contribution in [0.5, 0.6) is 0 Å². The van der Waals surface area contributed by atoms with Crippen LogP contribution in [0.3, 0.4) is 0 Å². The smallest absolute Gasteiger partial charge is 0.214 e. The van der Waals surface area contributed by atoms with E-state index in [1.807, 2.05) is 18.3 Å². The van der Waals surface area contributed by atoms with E-state index >= 15 is 0 Å². The Kier molecular flexibility index (Phi) is 2.64. The van der Waals surface area contributed by atoms with Gasteiger partial charge in [0.05, 0.1) is 0 Å². The number of aromatic nitrogens is 3. The van der Waals surface area contributed by atoms with E-state index < -0.39 is 5.95 Å². The molecule has 0 atom stereocenters. The molecule has 3 heterocycles. The second-order valence-corrected chi connectivity index (χ2v) is 3.91. The van der Waals surface area contributed by atoms with E-state index in [0.29, 0.717) is 12.4 Å². The average Bonchev–Trinajstić information content (AvgIpc) is 2.80. The molecular formula is C13H11FN4. The van der Waals surface area contributed by atoms with Gasteiger partial charge in [-0.15, -0.1) is 0 Å². The fourth-order valence-electron chi connectivity index (χ4n) is 1.85. The predicted octanol–water partition coefficient (Wildman–Crippen LogP) is 2.71. The van der Waals surface area contributed by atoms with Crippen LogP contribution in [0.1, 0.15) is 5.56 Å². The van der Waals surface area contributed by atoms with Gasteiger partial charge in [0.25, 0.3) is 0 Å². The van der Waals surface area contributed by atoms with Crippen molar-refractivity contribution < 1.29 is 4.39 Å². The number of rotatable bonds is 3. The van der Waals surface area contributed by atoms with Crippen LogP contribution in [-0.2, 0) is 6.54 Å². The summed E-state index contributed by atoms with van der Waals surface area (Å²) in [6.07, 6.45) is 3.63. The van der Waals surface area contributed by atoms with Crippen molar-refractivity contribution in [2.75, 3.05) is 5.32 Å². The summed E-state index contributed by atoms with van der Waals surface area (Å²) in [5, 5.41) is 4.14. The standard InChI is InChI=1S/C13H11FN4/c14-11-4-1-5-12(18-11)16-7-9-8-17-13-10(9)3-2-6-15-13/h1-6,8H,7H2,(H,15,17)(H,16,18). The molecule has 2 N–H and O–H groups in total. The summed E-state index contributed by atoms with van der Waals surface area (Å²) in [7, 11) is 0. The fourth-order valence-corrected chi connectivity index (χ4v) is 1.85. The number of H-pyrrole nitrogens is 1. The average molecular weight is 242 g/mol. The first-order valence-corrected chi connectivity index (χ1v) is 5.60. The number of nitrogens with zero attached hydrogens (tertiary/aromatic N) is 2. The molecule has 0 aromatic carbocycles. The zero-order valence-electron chi connectivity index (χ0n) is 9.52. The summed E-state index contributed by atoms with van der Waals surface area (Å²) in [4.78, 5) is 11.1. The molecule has 0 amide bonds. The minimum atomic E-state index is -0.486. The van der Waals surface area contributed by atoms with Crippen molar-refractivity contribution in [2.24, 2.45) is 0 Å². The number of halogens is 1. The van der Waals surface area contributed by atoms with Gasteiger partial charge in [0, 0.05) is 24.3 Å². The lowest BCUT2D eigenvalue weighted by atomic mass is 10.2. The number of fused-ring (bicyclic) bond motifs is 1. The lowest BCUT2D eigenvalue weighted by Crippen LogP contribution is -2.01. The van der Waals surface area contributed by atoms with Crippen molar-refractivity contribution in [3.05, 3.63) is 54.2 Å². The highest BCUT2D eigenvalue weighted by molar-refractivity contribution is 5.79. The molecule has 4 nitrogen and oxygen atoms in total. The lowest BCUT2D eigenvalue weighted by molar-refractivity contribution is 0.585. The third-order valence-electron chi connectivity index (χ3n) is 2.71. The molecule has 0 spiro atoms. The highest BCUT2D eigenvalue weighted by atomic mass is 19.1. The molecule has 0 saturated carbocycles. The SMILES string of the molecule is Fc1cccc(NCc2c[nH]c3ncccc23)n1. The molecule has 5 heteroatoms. The number of nitrogens with one attached hydrogen (secondary N) is 2. The van der Waals surface area contributed by atoms with Crippen LogP contribution in [0.25, 0.3) is 11.0 Å². The third-order valence-corrected chi connectivity index (χ3v) is 2.71. The molecule has 0 bridgehead atoms. The molecule has 0 fully saturated rings. The van der Waals surface area contributed by atoms with Gasteiger partial charge in [0.2, 0.25) is 5.95 Å². The second-order valence-electron chi connectivity index (χ2n) is 3.91. The quantitative estimate of drug-likeness (QED) is 0.694. The van der Waals surface area contributed by atoms with Gasteiger partial charge in [0.15, 0.2) is 0 Å². The van der Waals surface area contributed by atoms with E-state index in [1.54, 1.807) is 18.3 Å². The van der Waals surface area contributed by atoms with Gasteiger partial charge in [-0.05, 0) is 29.8 Å². The predicted molar refractivity (Wildman–Crippen MR) is 67.6 cm³/mol. The molecule has 3 aromatic rings. The molecule has 0 saturated heterocycles. The number of hydrogen-bond acceptors (Lipinski definition) is 3. The second kappa shape index (κ2) is 4.44. The summed E-state index contributed by atoms with van der Waals surface area (Å²) in [5.41, 5.74) is 1.92. The highest BCUT2D eigenvalue weighted by Crippen LogP contribution is 2.16. The monoisotopic (exact) mass is 242 g/mol. The van der Waals surface area contributed by atoms with E-state index in [9.17, 15) is 4.39 Å². The van der Waals surface area contributed by atoms with Crippen molar-refractivity contribution in [1.29, 1.82) is 0 Å². The maximum atomic E-state index is 12.9. The van der Waals surface area contributed by atoms with Crippen molar-refractivity contribution in [3.8, 4) is 0 Å². The molecule has 3 aromatic heterocycles. The first-order chi connectivity index (χ1) is 8.83. The van der Waals surface area contributed by atoms with Gasteiger partial charge in [-0.1, -0.05) is 6.07 Å². The van der Waals surface area contributed by atoms with E-state index in [0.717, 1.165) is 16.6 Å². The number of anilines is 1. The van der Waals surface area contributed by atoms with Crippen LogP contribution in [-0.4, -0.2) is 15.0 Å². The number of pyridine rings is 2. The molecule has 0 aliphatic carbocycles. The largest absolute Gasteiger partial charge is 0.366 e. The Balaban J connectivity index is 1.81. The normalized spacial score (nSPS) is 10.7. The molecule has 0 aliphatic rings. The summed E-state index contributed by atoms with van der Waals surface area (Å²) in [6, 6.07) is 8.56. The first-order valence-electron chi connectivity index (χ1n) is 5.60. The first kappa shape index (κ1) is 10.7. The van der Waals surface area contributed by atoms with Crippen LogP contribution in [0, 0.1) is 5.95 Å². The van der Waals surface area contributed by atoms with Gasteiger partial charge in [-0.3, -0.25) is 0 Å². The Morgan fingerprint density at radius 1 is 1.22 bits per heavy atom. The minimum Gasteiger partial charge on any atom is -0.366 e. The maximum Gasteiger partial charge on any atom is 0.214 e.